The largest absolute Gasteiger partial charge is 0.311 e. The average molecular weight is 612 g/mol. The van der Waals surface area contributed by atoms with Gasteiger partial charge in [-0.05, 0) is 106 Å². The first-order valence-corrected chi connectivity index (χ1v) is 16.2. The van der Waals surface area contributed by atoms with Gasteiger partial charge in [-0.2, -0.15) is 5.26 Å². The topological polar surface area (TPSA) is 32.0 Å². The Labute approximate surface area is 279 Å². The van der Waals surface area contributed by atoms with Crippen LogP contribution in [-0.2, 0) is 0 Å². The zero-order valence-electron chi connectivity index (χ0n) is 26.1. The number of aromatic nitrogens is 1. The molecule has 0 saturated carbocycles. The molecule has 0 amide bonds. The van der Waals surface area contributed by atoms with Gasteiger partial charge in [0.05, 0.1) is 22.7 Å². The van der Waals surface area contributed by atoms with E-state index in [1.54, 1.807) is 0 Å². The molecule has 1 aromatic heterocycles. The van der Waals surface area contributed by atoms with Crippen LogP contribution in [0.15, 0.2) is 176 Å². The summed E-state index contributed by atoms with van der Waals surface area (Å²) >= 11 is 0. The smallest absolute Gasteiger partial charge is 0.0991 e. The van der Waals surface area contributed by atoms with Crippen molar-refractivity contribution in [2.75, 3.05) is 4.90 Å². The first kappa shape index (κ1) is 27.7. The fourth-order valence-corrected chi connectivity index (χ4v) is 7.15. The minimum Gasteiger partial charge on any atom is -0.311 e. The highest BCUT2D eigenvalue weighted by molar-refractivity contribution is 6.26. The molecule has 224 valence electrons. The number of rotatable bonds is 6. The van der Waals surface area contributed by atoms with E-state index < -0.39 is 0 Å². The lowest BCUT2D eigenvalue weighted by atomic mass is 9.94. The molecule has 3 nitrogen and oxygen atoms in total. The summed E-state index contributed by atoms with van der Waals surface area (Å²) in [6.07, 6.45) is 0. The maximum Gasteiger partial charge on any atom is 0.0991 e. The molecule has 0 saturated heterocycles. The van der Waals surface area contributed by atoms with Gasteiger partial charge in [-0.15, -0.1) is 0 Å². The first-order chi connectivity index (χ1) is 23.8. The molecule has 0 spiro atoms. The van der Waals surface area contributed by atoms with E-state index in [1.807, 2.05) is 30.3 Å². The Morgan fingerprint density at radius 2 is 1.02 bits per heavy atom. The summed E-state index contributed by atoms with van der Waals surface area (Å²) in [5.41, 5.74) is 12.1. The van der Waals surface area contributed by atoms with E-state index in [0.717, 1.165) is 17.1 Å². The summed E-state index contributed by atoms with van der Waals surface area (Å²) in [4.78, 5) is 2.24. The Hall–Kier alpha value is -6.63. The molecule has 0 bridgehead atoms. The van der Waals surface area contributed by atoms with Crippen molar-refractivity contribution >= 4 is 49.6 Å². The van der Waals surface area contributed by atoms with Gasteiger partial charge in [-0.3, -0.25) is 0 Å². The number of hydrogen-bond donors (Lipinski definition) is 0. The maximum absolute atomic E-state index is 9.44. The molecule has 48 heavy (non-hydrogen) atoms. The predicted molar refractivity (Wildman–Crippen MR) is 200 cm³/mol. The van der Waals surface area contributed by atoms with E-state index in [-0.39, 0.29) is 0 Å². The summed E-state index contributed by atoms with van der Waals surface area (Å²) in [5.74, 6) is 0. The van der Waals surface area contributed by atoms with Gasteiger partial charge in [-0.1, -0.05) is 103 Å². The Morgan fingerprint density at radius 1 is 0.438 bits per heavy atom. The molecule has 8 aromatic carbocycles. The Balaban J connectivity index is 1.15. The molecule has 1 heterocycles. The predicted octanol–water partition coefficient (Wildman–Crippen LogP) is 12.1. The van der Waals surface area contributed by atoms with Crippen LogP contribution in [0.3, 0.4) is 0 Å². The fraction of sp³-hybridized carbons (Fsp3) is 0. The van der Waals surface area contributed by atoms with E-state index in [9.17, 15) is 5.26 Å². The van der Waals surface area contributed by atoms with Crippen LogP contribution >= 0.6 is 0 Å². The molecular formula is C45H29N3. The maximum atomic E-state index is 9.44. The third-order valence-corrected chi connectivity index (χ3v) is 9.40. The first-order valence-electron chi connectivity index (χ1n) is 16.2. The highest BCUT2D eigenvalue weighted by atomic mass is 15.1. The van der Waals surface area contributed by atoms with Gasteiger partial charge in [0.2, 0.25) is 0 Å². The molecule has 0 aliphatic rings. The molecule has 9 aromatic rings. The standard InChI is InChI=1S/C45H29N3/c46-30-31-14-21-37(22-15-31)47(38-23-16-33(17-24-38)32-8-3-1-4-9-32)39-25-18-34(19-26-39)40-28-29-43-45-41(40)27-20-35-10-7-13-42(44(35)45)48(43)36-11-5-2-6-12-36/h1-29H. The van der Waals surface area contributed by atoms with E-state index in [0.29, 0.717) is 5.56 Å². The SMILES string of the molecule is N#Cc1ccc(N(c2ccc(-c3ccccc3)cc2)c2ccc(-c3ccc4c5c3ccc3cccc(c35)n4-c3ccccc3)cc2)cc1. The van der Waals surface area contributed by atoms with Crippen LogP contribution < -0.4 is 4.90 Å². The zero-order valence-corrected chi connectivity index (χ0v) is 26.1. The van der Waals surface area contributed by atoms with Crippen LogP contribution in [0, 0.1) is 11.3 Å². The summed E-state index contributed by atoms with van der Waals surface area (Å²) < 4.78 is 2.38. The van der Waals surface area contributed by atoms with Gasteiger partial charge in [0.25, 0.3) is 0 Å². The quantitative estimate of drug-likeness (QED) is 0.175. The van der Waals surface area contributed by atoms with Crippen LogP contribution in [0.2, 0.25) is 0 Å². The number of nitrogens with zero attached hydrogens (tertiary/aromatic N) is 3. The number of nitriles is 1. The molecule has 0 N–H and O–H groups in total. The van der Waals surface area contributed by atoms with Gasteiger partial charge in [-0.25, -0.2) is 0 Å². The van der Waals surface area contributed by atoms with Gasteiger partial charge < -0.3 is 9.47 Å². The molecule has 0 atom stereocenters. The third-order valence-electron chi connectivity index (χ3n) is 9.40. The zero-order chi connectivity index (χ0) is 32.0. The highest BCUT2D eigenvalue weighted by Crippen LogP contribution is 2.43. The number of para-hydroxylation sites is 1. The number of benzene rings is 8. The van der Waals surface area contributed by atoms with Crippen molar-refractivity contribution in [3.63, 3.8) is 0 Å². The lowest BCUT2D eigenvalue weighted by molar-refractivity contribution is 1.18. The fourth-order valence-electron chi connectivity index (χ4n) is 7.15. The van der Waals surface area contributed by atoms with Crippen molar-refractivity contribution in [1.82, 2.24) is 4.57 Å². The van der Waals surface area contributed by atoms with E-state index in [1.165, 1.54) is 60.5 Å². The second-order valence-corrected chi connectivity index (χ2v) is 12.1. The summed E-state index contributed by atoms with van der Waals surface area (Å²) in [6, 6.07) is 64.3. The van der Waals surface area contributed by atoms with Crippen molar-refractivity contribution in [3.05, 3.63) is 181 Å². The minimum absolute atomic E-state index is 0.641. The summed E-state index contributed by atoms with van der Waals surface area (Å²) in [6.45, 7) is 0. The summed E-state index contributed by atoms with van der Waals surface area (Å²) in [7, 11) is 0. The lowest BCUT2D eigenvalue weighted by Crippen LogP contribution is -2.09. The van der Waals surface area contributed by atoms with Crippen LogP contribution in [-0.4, -0.2) is 4.57 Å². The van der Waals surface area contributed by atoms with Crippen LogP contribution in [0.4, 0.5) is 17.1 Å². The normalized spacial score (nSPS) is 11.3. The second-order valence-electron chi connectivity index (χ2n) is 12.1. The van der Waals surface area contributed by atoms with Crippen molar-refractivity contribution in [2.24, 2.45) is 0 Å². The van der Waals surface area contributed by atoms with E-state index >= 15 is 0 Å². The van der Waals surface area contributed by atoms with Crippen LogP contribution in [0.1, 0.15) is 5.56 Å². The number of hydrogen-bond acceptors (Lipinski definition) is 2. The molecule has 9 rings (SSSR count). The molecular weight excluding hydrogens is 583 g/mol. The van der Waals surface area contributed by atoms with Crippen molar-refractivity contribution in [3.8, 4) is 34.0 Å². The average Bonchev–Trinajstić information content (AvgIpc) is 3.51. The third kappa shape index (κ3) is 4.51. The van der Waals surface area contributed by atoms with E-state index in [4.69, 9.17) is 0 Å². The van der Waals surface area contributed by atoms with Crippen LogP contribution in [0.5, 0.6) is 0 Å². The Kier molecular flexibility index (Phi) is 6.52. The van der Waals surface area contributed by atoms with E-state index in [2.05, 4.69) is 161 Å². The van der Waals surface area contributed by atoms with Crippen LogP contribution in [0.25, 0.3) is 60.5 Å². The lowest BCUT2D eigenvalue weighted by Gasteiger charge is -2.26. The molecule has 0 aliphatic carbocycles. The van der Waals surface area contributed by atoms with Crippen molar-refractivity contribution < 1.29 is 0 Å². The van der Waals surface area contributed by atoms with Gasteiger partial charge in [0, 0.05) is 33.5 Å². The van der Waals surface area contributed by atoms with Crippen molar-refractivity contribution in [1.29, 1.82) is 5.26 Å². The minimum atomic E-state index is 0.641. The van der Waals surface area contributed by atoms with Gasteiger partial charge in [0.15, 0.2) is 0 Å². The summed E-state index contributed by atoms with van der Waals surface area (Å²) in [5, 5.41) is 14.5. The van der Waals surface area contributed by atoms with Gasteiger partial charge >= 0.3 is 0 Å². The molecule has 0 radical (unpaired) electrons. The second kappa shape index (κ2) is 11.3. The molecule has 0 aliphatic heterocycles. The monoisotopic (exact) mass is 611 g/mol. The number of anilines is 3. The van der Waals surface area contributed by atoms with Crippen molar-refractivity contribution in [2.45, 2.75) is 0 Å². The Bertz CT molecular complexity index is 2580. The van der Waals surface area contributed by atoms with Gasteiger partial charge in [0.1, 0.15) is 0 Å². The Morgan fingerprint density at radius 3 is 1.69 bits per heavy atom. The highest BCUT2D eigenvalue weighted by Gasteiger charge is 2.19. The molecule has 0 fully saturated rings. The molecule has 3 heteroatoms. The molecule has 0 unspecified atom stereocenters.